The molecule has 0 saturated carbocycles. The molecule has 0 aliphatic rings. The Kier molecular flexibility index (Phi) is 3.60. The largest absolute Gasteiger partial charge is 0.489 e. The van der Waals surface area contributed by atoms with Gasteiger partial charge in [-0.15, -0.1) is 0 Å². The zero-order valence-corrected chi connectivity index (χ0v) is 9.23. The highest BCUT2D eigenvalue weighted by atomic mass is 16.5. The molecule has 0 aliphatic carbocycles. The van der Waals surface area contributed by atoms with Crippen molar-refractivity contribution < 1.29 is 4.74 Å². The van der Waals surface area contributed by atoms with Gasteiger partial charge in [-0.1, -0.05) is 48.5 Å². The van der Waals surface area contributed by atoms with Gasteiger partial charge in [0.2, 0.25) is 0 Å². The Morgan fingerprint density at radius 3 is 2.31 bits per heavy atom. The summed E-state index contributed by atoms with van der Waals surface area (Å²) in [7, 11) is 0. The van der Waals surface area contributed by atoms with E-state index < -0.39 is 0 Å². The van der Waals surface area contributed by atoms with E-state index in [1.165, 1.54) is 5.56 Å². The van der Waals surface area contributed by atoms with E-state index in [1.54, 1.807) is 0 Å². The zero-order chi connectivity index (χ0) is 11.2. The molecule has 0 atom stereocenters. The van der Waals surface area contributed by atoms with Crippen LogP contribution in [0.1, 0.15) is 11.1 Å². The molecule has 0 aromatic heterocycles. The van der Waals surface area contributed by atoms with E-state index in [0.717, 1.165) is 17.7 Å². The number of benzene rings is 2. The van der Waals surface area contributed by atoms with Crippen molar-refractivity contribution in [1.82, 2.24) is 0 Å². The van der Waals surface area contributed by atoms with Crippen LogP contribution < -0.4 is 4.74 Å². The Balaban J connectivity index is 2.05. The summed E-state index contributed by atoms with van der Waals surface area (Å²) in [4.78, 5) is 0. The van der Waals surface area contributed by atoms with Crippen molar-refractivity contribution in [3.8, 4) is 5.75 Å². The summed E-state index contributed by atoms with van der Waals surface area (Å²) in [6, 6.07) is 18.2. The first-order valence-corrected chi connectivity index (χ1v) is 5.44. The molecule has 1 heteroatoms. The molecular formula is C15H15O. The predicted octanol–water partition coefficient (Wildman–Crippen LogP) is 3.64. The standard InChI is InChI=1S/C15H15O/c1-2-14-10-6-7-11-15(14)16-12-13-8-4-3-5-9-13/h3-11H,1-2,12H2. The average Bonchev–Trinajstić information content (AvgIpc) is 2.38. The van der Waals surface area contributed by atoms with Crippen molar-refractivity contribution in [2.75, 3.05) is 0 Å². The van der Waals surface area contributed by atoms with Gasteiger partial charge in [-0.2, -0.15) is 0 Å². The van der Waals surface area contributed by atoms with Crippen LogP contribution in [0.3, 0.4) is 0 Å². The number of para-hydroxylation sites is 1. The van der Waals surface area contributed by atoms with E-state index in [1.807, 2.05) is 42.5 Å². The number of hydrogen-bond acceptors (Lipinski definition) is 1. The van der Waals surface area contributed by atoms with Crippen LogP contribution >= 0.6 is 0 Å². The first-order valence-electron chi connectivity index (χ1n) is 5.44. The molecular weight excluding hydrogens is 196 g/mol. The maximum atomic E-state index is 5.77. The van der Waals surface area contributed by atoms with Gasteiger partial charge in [0.1, 0.15) is 12.4 Å². The van der Waals surface area contributed by atoms with Gasteiger partial charge in [-0.05, 0) is 30.5 Å². The van der Waals surface area contributed by atoms with Crippen LogP contribution in [0.4, 0.5) is 0 Å². The lowest BCUT2D eigenvalue weighted by Gasteiger charge is -2.09. The molecule has 2 aromatic carbocycles. The number of hydrogen-bond donors (Lipinski definition) is 0. The van der Waals surface area contributed by atoms with Crippen molar-refractivity contribution in [2.45, 2.75) is 13.0 Å². The summed E-state index contributed by atoms with van der Waals surface area (Å²) in [6.07, 6.45) is 0.755. The van der Waals surface area contributed by atoms with E-state index in [0.29, 0.717) is 6.61 Å². The van der Waals surface area contributed by atoms with Crippen LogP contribution in [0.2, 0.25) is 0 Å². The monoisotopic (exact) mass is 211 g/mol. The lowest BCUT2D eigenvalue weighted by molar-refractivity contribution is 0.303. The molecule has 0 fully saturated rings. The highest BCUT2D eigenvalue weighted by Gasteiger charge is 2.00. The molecule has 0 heterocycles. The number of ether oxygens (including phenoxy) is 1. The molecule has 0 aliphatic heterocycles. The van der Waals surface area contributed by atoms with E-state index >= 15 is 0 Å². The zero-order valence-electron chi connectivity index (χ0n) is 9.23. The first kappa shape index (κ1) is 10.7. The molecule has 16 heavy (non-hydrogen) atoms. The molecule has 0 bridgehead atoms. The summed E-state index contributed by atoms with van der Waals surface area (Å²) in [5, 5.41) is 0. The van der Waals surface area contributed by atoms with Crippen LogP contribution in [0, 0.1) is 6.92 Å². The van der Waals surface area contributed by atoms with Crippen LogP contribution in [0.5, 0.6) is 5.75 Å². The summed E-state index contributed by atoms with van der Waals surface area (Å²) in [5.41, 5.74) is 2.33. The smallest absolute Gasteiger partial charge is 0.122 e. The van der Waals surface area contributed by atoms with Gasteiger partial charge < -0.3 is 4.74 Å². The maximum absolute atomic E-state index is 5.77. The molecule has 2 aromatic rings. The van der Waals surface area contributed by atoms with Crippen molar-refractivity contribution in [3.63, 3.8) is 0 Å². The quantitative estimate of drug-likeness (QED) is 0.750. The molecule has 0 N–H and O–H groups in total. The van der Waals surface area contributed by atoms with Crippen molar-refractivity contribution >= 4 is 0 Å². The Labute approximate surface area is 96.7 Å². The van der Waals surface area contributed by atoms with Gasteiger partial charge in [-0.25, -0.2) is 0 Å². The first-order chi connectivity index (χ1) is 7.90. The highest BCUT2D eigenvalue weighted by Crippen LogP contribution is 2.19. The molecule has 1 nitrogen and oxygen atoms in total. The topological polar surface area (TPSA) is 9.23 Å². The fourth-order valence-electron chi connectivity index (χ4n) is 1.59. The van der Waals surface area contributed by atoms with Gasteiger partial charge in [0.05, 0.1) is 0 Å². The fraction of sp³-hybridized carbons (Fsp3) is 0.133. The van der Waals surface area contributed by atoms with Gasteiger partial charge in [0.25, 0.3) is 0 Å². The second-order valence-corrected chi connectivity index (χ2v) is 3.63. The van der Waals surface area contributed by atoms with Crippen LogP contribution in [0.25, 0.3) is 0 Å². The second-order valence-electron chi connectivity index (χ2n) is 3.63. The summed E-state index contributed by atoms with van der Waals surface area (Å²) >= 11 is 0. The number of rotatable bonds is 4. The van der Waals surface area contributed by atoms with E-state index in [2.05, 4.69) is 19.1 Å². The highest BCUT2D eigenvalue weighted by molar-refractivity contribution is 5.34. The Hall–Kier alpha value is -1.76. The van der Waals surface area contributed by atoms with Crippen LogP contribution in [0.15, 0.2) is 54.6 Å². The summed E-state index contributed by atoms with van der Waals surface area (Å²) in [5.74, 6) is 0.932. The normalized spacial score (nSPS) is 10.1. The average molecular weight is 211 g/mol. The van der Waals surface area contributed by atoms with Crippen molar-refractivity contribution in [1.29, 1.82) is 0 Å². The van der Waals surface area contributed by atoms with E-state index in [9.17, 15) is 0 Å². The Morgan fingerprint density at radius 1 is 0.875 bits per heavy atom. The van der Waals surface area contributed by atoms with Gasteiger partial charge in [0, 0.05) is 0 Å². The molecule has 81 valence electrons. The van der Waals surface area contributed by atoms with Crippen molar-refractivity contribution in [2.24, 2.45) is 0 Å². The third-order valence-electron chi connectivity index (χ3n) is 2.48. The van der Waals surface area contributed by atoms with E-state index in [-0.39, 0.29) is 0 Å². The van der Waals surface area contributed by atoms with Gasteiger partial charge in [-0.3, -0.25) is 0 Å². The molecule has 0 amide bonds. The minimum absolute atomic E-state index is 0.609. The van der Waals surface area contributed by atoms with Crippen LogP contribution in [-0.4, -0.2) is 0 Å². The van der Waals surface area contributed by atoms with Gasteiger partial charge in [0.15, 0.2) is 0 Å². The fourth-order valence-corrected chi connectivity index (χ4v) is 1.59. The molecule has 0 spiro atoms. The predicted molar refractivity (Wildman–Crippen MR) is 66.3 cm³/mol. The minimum Gasteiger partial charge on any atom is -0.489 e. The summed E-state index contributed by atoms with van der Waals surface area (Å²) < 4.78 is 5.77. The third-order valence-corrected chi connectivity index (χ3v) is 2.48. The molecule has 1 radical (unpaired) electrons. The minimum atomic E-state index is 0.609. The lowest BCUT2D eigenvalue weighted by atomic mass is 10.1. The lowest BCUT2D eigenvalue weighted by Crippen LogP contribution is -1.97. The maximum Gasteiger partial charge on any atom is 0.122 e. The van der Waals surface area contributed by atoms with E-state index in [4.69, 9.17) is 4.74 Å². The molecule has 2 rings (SSSR count). The SMILES string of the molecule is [CH2]Cc1ccccc1OCc1ccccc1. The van der Waals surface area contributed by atoms with Crippen LogP contribution in [-0.2, 0) is 13.0 Å². The Bertz CT molecular complexity index is 434. The van der Waals surface area contributed by atoms with Gasteiger partial charge >= 0.3 is 0 Å². The molecule has 0 saturated heterocycles. The Morgan fingerprint density at radius 2 is 1.56 bits per heavy atom. The second kappa shape index (κ2) is 5.36. The third kappa shape index (κ3) is 2.63. The van der Waals surface area contributed by atoms with Crippen molar-refractivity contribution in [3.05, 3.63) is 72.6 Å². The molecule has 0 unspecified atom stereocenters. The summed E-state index contributed by atoms with van der Waals surface area (Å²) in [6.45, 7) is 4.50.